The maximum atomic E-state index is 12.7. The van der Waals surface area contributed by atoms with Gasteiger partial charge in [-0.25, -0.2) is 4.79 Å². The van der Waals surface area contributed by atoms with E-state index < -0.39 is 17.8 Å². The van der Waals surface area contributed by atoms with Crippen molar-refractivity contribution in [1.82, 2.24) is 14.7 Å². The lowest BCUT2D eigenvalue weighted by Crippen LogP contribution is -2.36. The van der Waals surface area contributed by atoms with Crippen molar-refractivity contribution in [3.8, 4) is 0 Å². The molecule has 25 heavy (non-hydrogen) atoms. The van der Waals surface area contributed by atoms with Crippen LogP contribution in [0.25, 0.3) is 0 Å². The molecule has 1 aliphatic rings. The number of benzene rings is 1. The van der Waals surface area contributed by atoms with Gasteiger partial charge in [-0.15, -0.1) is 0 Å². The molecule has 134 valence electrons. The van der Waals surface area contributed by atoms with Crippen LogP contribution in [0, 0.1) is 0 Å². The third-order valence-corrected chi connectivity index (χ3v) is 4.36. The minimum Gasteiger partial charge on any atom is -0.478 e. The molecule has 1 aromatic carbocycles. The molecule has 0 amide bonds. The molecule has 1 saturated heterocycles. The van der Waals surface area contributed by atoms with Gasteiger partial charge in [0.2, 0.25) is 0 Å². The van der Waals surface area contributed by atoms with Gasteiger partial charge in [-0.3, -0.25) is 9.58 Å². The van der Waals surface area contributed by atoms with Crippen LogP contribution < -0.4 is 0 Å². The zero-order chi connectivity index (χ0) is 18.0. The average Bonchev–Trinajstić information content (AvgIpc) is 3.06. The first-order valence-corrected chi connectivity index (χ1v) is 8.00. The number of hydrogen-bond donors (Lipinski definition) is 1. The second-order valence-electron chi connectivity index (χ2n) is 6.21. The molecule has 0 aliphatic carbocycles. The van der Waals surface area contributed by atoms with Crippen molar-refractivity contribution in [2.75, 3.05) is 13.1 Å². The molecule has 2 aromatic rings. The van der Waals surface area contributed by atoms with E-state index in [1.54, 1.807) is 24.3 Å². The molecule has 8 heteroatoms. The van der Waals surface area contributed by atoms with Crippen molar-refractivity contribution in [3.63, 3.8) is 0 Å². The van der Waals surface area contributed by atoms with Crippen molar-refractivity contribution in [3.05, 3.63) is 53.3 Å². The number of rotatable bonds is 4. The fourth-order valence-electron chi connectivity index (χ4n) is 3.09. The highest BCUT2D eigenvalue weighted by molar-refractivity contribution is 5.87. The third kappa shape index (κ3) is 4.19. The van der Waals surface area contributed by atoms with Crippen LogP contribution in [-0.2, 0) is 12.7 Å². The van der Waals surface area contributed by atoms with Crippen LogP contribution in [0.2, 0.25) is 0 Å². The highest BCUT2D eigenvalue weighted by Gasteiger charge is 2.34. The van der Waals surface area contributed by atoms with Crippen LogP contribution in [0.5, 0.6) is 0 Å². The van der Waals surface area contributed by atoms with Gasteiger partial charge < -0.3 is 5.11 Å². The molecular formula is C17H18F3N3O2. The lowest BCUT2D eigenvalue weighted by molar-refractivity contribution is -0.141. The Labute approximate surface area is 142 Å². The minimum atomic E-state index is -4.43. The van der Waals surface area contributed by atoms with E-state index in [0.29, 0.717) is 13.1 Å². The van der Waals surface area contributed by atoms with E-state index >= 15 is 0 Å². The van der Waals surface area contributed by atoms with E-state index in [9.17, 15) is 18.0 Å². The van der Waals surface area contributed by atoms with Crippen LogP contribution in [0.3, 0.4) is 0 Å². The number of carboxylic acid groups (broad SMARTS) is 1. The van der Waals surface area contributed by atoms with Gasteiger partial charge in [0.05, 0.1) is 11.6 Å². The molecule has 1 unspecified atom stereocenters. The summed E-state index contributed by atoms with van der Waals surface area (Å²) in [6, 6.07) is 7.56. The fourth-order valence-corrected chi connectivity index (χ4v) is 3.09. The van der Waals surface area contributed by atoms with E-state index in [2.05, 4.69) is 10.00 Å². The first-order valence-electron chi connectivity index (χ1n) is 8.00. The molecular weight excluding hydrogens is 335 g/mol. The molecule has 2 heterocycles. The molecule has 1 atom stereocenters. The molecule has 0 radical (unpaired) electrons. The Balaban J connectivity index is 1.65. The molecule has 3 rings (SSSR count). The Morgan fingerprint density at radius 3 is 2.56 bits per heavy atom. The van der Waals surface area contributed by atoms with Gasteiger partial charge in [-0.1, -0.05) is 12.1 Å². The van der Waals surface area contributed by atoms with Crippen LogP contribution in [0.1, 0.15) is 40.5 Å². The molecule has 5 nitrogen and oxygen atoms in total. The quantitative estimate of drug-likeness (QED) is 0.915. The van der Waals surface area contributed by atoms with Gasteiger partial charge in [0, 0.05) is 19.3 Å². The van der Waals surface area contributed by atoms with Gasteiger partial charge in [0.25, 0.3) is 0 Å². The van der Waals surface area contributed by atoms with Crippen LogP contribution >= 0.6 is 0 Å². The number of carboxylic acids is 1. The van der Waals surface area contributed by atoms with Crippen molar-refractivity contribution in [2.45, 2.75) is 31.6 Å². The van der Waals surface area contributed by atoms with Crippen molar-refractivity contribution in [2.24, 2.45) is 0 Å². The number of halogens is 3. The Morgan fingerprint density at radius 1 is 1.24 bits per heavy atom. The second kappa shape index (κ2) is 6.87. The van der Waals surface area contributed by atoms with Gasteiger partial charge in [-0.2, -0.15) is 18.3 Å². The maximum absolute atomic E-state index is 12.7. The van der Waals surface area contributed by atoms with Crippen LogP contribution in [0.4, 0.5) is 13.2 Å². The van der Waals surface area contributed by atoms with Crippen molar-refractivity contribution in [1.29, 1.82) is 0 Å². The van der Waals surface area contributed by atoms with Gasteiger partial charge in [-0.05, 0) is 43.1 Å². The van der Waals surface area contributed by atoms with Gasteiger partial charge >= 0.3 is 12.1 Å². The van der Waals surface area contributed by atoms with Crippen molar-refractivity contribution >= 4 is 5.97 Å². The normalized spacial score (nSPS) is 19.1. The fraction of sp³-hybridized carbons (Fsp3) is 0.412. The third-order valence-electron chi connectivity index (χ3n) is 4.36. The summed E-state index contributed by atoms with van der Waals surface area (Å²) in [7, 11) is 0. The highest BCUT2D eigenvalue weighted by atomic mass is 19.4. The molecule has 0 bridgehead atoms. The average molecular weight is 353 g/mol. The number of aromatic nitrogens is 2. The molecule has 1 fully saturated rings. The smallest absolute Gasteiger partial charge is 0.435 e. The number of piperidine rings is 1. The lowest BCUT2D eigenvalue weighted by Gasteiger charge is -2.32. The standard InChI is InChI=1S/C17H18F3N3O2/c18-17(19,20)15-7-9-23(21-15)14-2-1-8-22(11-14)10-12-3-5-13(6-4-12)16(24)25/h3-7,9,14H,1-2,8,10-11H2,(H,24,25). The number of hydrogen-bond acceptors (Lipinski definition) is 3. The summed E-state index contributed by atoms with van der Waals surface area (Å²) in [6.45, 7) is 2.09. The Morgan fingerprint density at radius 2 is 1.96 bits per heavy atom. The monoisotopic (exact) mass is 353 g/mol. The topological polar surface area (TPSA) is 58.4 Å². The van der Waals surface area contributed by atoms with Gasteiger partial charge in [0.15, 0.2) is 5.69 Å². The number of carbonyl (C=O) groups is 1. The van der Waals surface area contributed by atoms with Gasteiger partial charge in [0.1, 0.15) is 0 Å². The summed E-state index contributed by atoms with van der Waals surface area (Å²) in [6.07, 6.45) is -1.38. The summed E-state index contributed by atoms with van der Waals surface area (Å²) in [5.41, 5.74) is 0.340. The summed E-state index contributed by atoms with van der Waals surface area (Å²) < 4.78 is 39.5. The number of alkyl halides is 3. The Hall–Kier alpha value is -2.35. The number of likely N-dealkylation sites (tertiary alicyclic amines) is 1. The van der Waals surface area contributed by atoms with E-state index in [1.807, 2.05) is 0 Å². The van der Waals surface area contributed by atoms with Crippen LogP contribution in [0.15, 0.2) is 36.5 Å². The molecule has 1 aromatic heterocycles. The zero-order valence-corrected chi connectivity index (χ0v) is 13.4. The van der Waals surface area contributed by atoms with Crippen molar-refractivity contribution < 1.29 is 23.1 Å². The maximum Gasteiger partial charge on any atom is 0.435 e. The number of nitrogens with zero attached hydrogens (tertiary/aromatic N) is 3. The first-order chi connectivity index (χ1) is 11.8. The summed E-state index contributed by atoms with van der Waals surface area (Å²) in [5.74, 6) is -0.969. The summed E-state index contributed by atoms with van der Waals surface area (Å²) >= 11 is 0. The SMILES string of the molecule is O=C(O)c1ccc(CN2CCCC(n3ccc(C(F)(F)F)n3)C2)cc1. The van der Waals surface area contributed by atoms with Crippen LogP contribution in [-0.4, -0.2) is 38.8 Å². The Bertz CT molecular complexity index is 740. The highest BCUT2D eigenvalue weighted by Crippen LogP contribution is 2.29. The van der Waals surface area contributed by atoms with E-state index in [-0.39, 0.29) is 11.6 Å². The predicted octanol–water partition coefficient (Wildman–Crippen LogP) is 3.44. The molecule has 1 aliphatic heterocycles. The molecule has 1 N–H and O–H groups in total. The Kier molecular flexibility index (Phi) is 4.80. The summed E-state index contributed by atoms with van der Waals surface area (Å²) in [5, 5.41) is 12.6. The molecule has 0 saturated carbocycles. The number of aromatic carboxylic acids is 1. The lowest BCUT2D eigenvalue weighted by atomic mass is 10.0. The first kappa shape index (κ1) is 17.5. The summed E-state index contributed by atoms with van der Waals surface area (Å²) in [4.78, 5) is 13.0. The predicted molar refractivity (Wildman–Crippen MR) is 84.2 cm³/mol. The largest absolute Gasteiger partial charge is 0.478 e. The van der Waals surface area contributed by atoms with E-state index in [4.69, 9.17) is 5.11 Å². The van der Waals surface area contributed by atoms with E-state index in [1.165, 1.54) is 10.9 Å². The molecule has 0 spiro atoms. The minimum absolute atomic E-state index is 0.0943. The zero-order valence-electron chi connectivity index (χ0n) is 13.4. The van der Waals surface area contributed by atoms with E-state index in [0.717, 1.165) is 31.0 Å². The second-order valence-corrected chi connectivity index (χ2v) is 6.21.